The van der Waals surface area contributed by atoms with E-state index in [9.17, 15) is 14.7 Å². The van der Waals surface area contributed by atoms with Crippen LogP contribution in [0.3, 0.4) is 0 Å². The molecule has 6 nitrogen and oxygen atoms in total. The fraction of sp³-hybridized carbons (Fsp3) is 0.267. The second-order valence-electron chi connectivity index (χ2n) is 4.52. The molecule has 0 atom stereocenters. The van der Waals surface area contributed by atoms with Gasteiger partial charge in [0.25, 0.3) is 5.56 Å². The van der Waals surface area contributed by atoms with Gasteiger partial charge in [-0.3, -0.25) is 18.9 Å². The first-order chi connectivity index (χ1) is 10.5. The minimum atomic E-state index is -0.550. The third-order valence-electron chi connectivity index (χ3n) is 3.25. The van der Waals surface area contributed by atoms with Crippen LogP contribution >= 0.6 is 15.9 Å². The second kappa shape index (κ2) is 6.74. The van der Waals surface area contributed by atoms with E-state index in [2.05, 4.69) is 20.9 Å². The highest BCUT2D eigenvalue weighted by molar-refractivity contribution is 9.10. The van der Waals surface area contributed by atoms with Crippen LogP contribution in [-0.4, -0.2) is 20.5 Å². The summed E-state index contributed by atoms with van der Waals surface area (Å²) in [6, 6.07) is 7.26. The average Bonchev–Trinajstić information content (AvgIpc) is 2.49. The van der Waals surface area contributed by atoms with E-state index in [0.29, 0.717) is 5.69 Å². The quantitative estimate of drug-likeness (QED) is 0.844. The molecule has 1 heterocycles. The molecule has 0 bridgehead atoms. The smallest absolute Gasteiger partial charge is 0.333 e. The molecular formula is C15H16BrN3O3. The van der Waals surface area contributed by atoms with Crippen LogP contribution in [0.15, 0.2) is 43.3 Å². The van der Waals surface area contributed by atoms with Crippen LogP contribution in [0.4, 0.5) is 5.69 Å². The lowest BCUT2D eigenvalue weighted by molar-refractivity contribution is 0.394. The molecule has 22 heavy (non-hydrogen) atoms. The van der Waals surface area contributed by atoms with E-state index in [1.54, 1.807) is 19.9 Å². The summed E-state index contributed by atoms with van der Waals surface area (Å²) in [6.45, 7) is 3.92. The summed E-state index contributed by atoms with van der Waals surface area (Å²) in [5, 5.41) is 10.2. The largest absolute Gasteiger partial charge is 0.494 e. The van der Waals surface area contributed by atoms with Crippen LogP contribution in [0.5, 0.6) is 5.88 Å². The molecular weight excluding hydrogens is 350 g/mol. The molecule has 1 aromatic carbocycles. The molecule has 0 amide bonds. The molecule has 2 aromatic rings. The lowest BCUT2D eigenvalue weighted by Gasteiger charge is -2.11. The lowest BCUT2D eigenvalue weighted by atomic mass is 10.3. The van der Waals surface area contributed by atoms with Crippen LogP contribution in [0.2, 0.25) is 0 Å². The standard InChI is InChI=1S/C15H16BrN3O3/c1-3-18-13(20)10(14(21)19(4-2)15(18)22)9-17-12-8-6-5-7-11(12)16/h5-9,20H,3-4H2,1-2H3. The topological polar surface area (TPSA) is 76.6 Å². The Morgan fingerprint density at radius 2 is 1.82 bits per heavy atom. The van der Waals surface area contributed by atoms with Crippen LogP contribution in [0, 0.1) is 0 Å². The molecule has 0 fully saturated rings. The van der Waals surface area contributed by atoms with Crippen LogP contribution in [0.1, 0.15) is 19.4 Å². The summed E-state index contributed by atoms with van der Waals surface area (Å²) in [6.07, 6.45) is 1.29. The van der Waals surface area contributed by atoms with E-state index in [0.717, 1.165) is 13.6 Å². The maximum atomic E-state index is 12.3. The molecule has 2 rings (SSSR count). The minimum Gasteiger partial charge on any atom is -0.494 e. The van der Waals surface area contributed by atoms with Gasteiger partial charge in [0.05, 0.1) is 5.69 Å². The van der Waals surface area contributed by atoms with Gasteiger partial charge in [-0.25, -0.2) is 4.79 Å². The number of halogens is 1. The number of aliphatic imine (C=N–C) groups is 1. The summed E-state index contributed by atoms with van der Waals surface area (Å²) in [7, 11) is 0. The van der Waals surface area contributed by atoms with Crippen molar-refractivity contribution in [1.82, 2.24) is 9.13 Å². The Kier molecular flexibility index (Phi) is 4.97. The van der Waals surface area contributed by atoms with Crippen molar-refractivity contribution >= 4 is 27.8 Å². The summed E-state index contributed by atoms with van der Waals surface area (Å²) in [5.74, 6) is -0.363. The average molecular weight is 366 g/mol. The predicted molar refractivity (Wildman–Crippen MR) is 89.4 cm³/mol. The Hall–Kier alpha value is -2.15. The monoisotopic (exact) mass is 365 g/mol. The third-order valence-corrected chi connectivity index (χ3v) is 3.92. The zero-order chi connectivity index (χ0) is 16.3. The van der Waals surface area contributed by atoms with Crippen molar-refractivity contribution in [2.24, 2.45) is 4.99 Å². The van der Waals surface area contributed by atoms with Gasteiger partial charge in [0.15, 0.2) is 0 Å². The van der Waals surface area contributed by atoms with Crippen molar-refractivity contribution in [1.29, 1.82) is 0 Å². The molecule has 116 valence electrons. The zero-order valence-corrected chi connectivity index (χ0v) is 13.9. The Morgan fingerprint density at radius 1 is 1.18 bits per heavy atom. The van der Waals surface area contributed by atoms with Crippen molar-refractivity contribution in [2.45, 2.75) is 26.9 Å². The second-order valence-corrected chi connectivity index (χ2v) is 5.38. The molecule has 1 N–H and O–H groups in total. The van der Waals surface area contributed by atoms with Gasteiger partial charge in [-0.15, -0.1) is 0 Å². The molecule has 0 unspecified atom stereocenters. The summed E-state index contributed by atoms with van der Waals surface area (Å²) >= 11 is 3.36. The maximum Gasteiger partial charge on any atom is 0.333 e. The highest BCUT2D eigenvalue weighted by Crippen LogP contribution is 2.24. The molecule has 0 saturated carbocycles. The van der Waals surface area contributed by atoms with E-state index >= 15 is 0 Å². The first kappa shape index (κ1) is 16.2. The number of benzene rings is 1. The van der Waals surface area contributed by atoms with Crippen molar-refractivity contribution in [3.8, 4) is 5.88 Å². The van der Waals surface area contributed by atoms with E-state index in [1.165, 1.54) is 6.21 Å². The number of para-hydroxylation sites is 1. The number of rotatable bonds is 4. The molecule has 0 aliphatic carbocycles. The van der Waals surface area contributed by atoms with E-state index in [1.807, 2.05) is 18.2 Å². The molecule has 0 spiro atoms. The van der Waals surface area contributed by atoms with Crippen molar-refractivity contribution in [3.63, 3.8) is 0 Å². The Labute approximate surface area is 135 Å². The molecule has 0 aliphatic heterocycles. The van der Waals surface area contributed by atoms with Gasteiger partial charge in [-0.1, -0.05) is 12.1 Å². The van der Waals surface area contributed by atoms with Crippen LogP contribution in [-0.2, 0) is 13.1 Å². The first-order valence-corrected chi connectivity index (χ1v) is 7.65. The maximum absolute atomic E-state index is 12.3. The van der Waals surface area contributed by atoms with Crippen molar-refractivity contribution in [3.05, 3.63) is 55.1 Å². The number of aromatic nitrogens is 2. The number of aromatic hydroxyl groups is 1. The number of hydrogen-bond donors (Lipinski definition) is 1. The third kappa shape index (κ3) is 2.89. The minimum absolute atomic E-state index is 0.000877. The van der Waals surface area contributed by atoms with Gasteiger partial charge < -0.3 is 5.11 Å². The summed E-state index contributed by atoms with van der Waals surface area (Å²) in [4.78, 5) is 28.6. The van der Waals surface area contributed by atoms with Gasteiger partial charge in [0, 0.05) is 23.8 Å². The van der Waals surface area contributed by atoms with Gasteiger partial charge in [-0.2, -0.15) is 0 Å². The first-order valence-electron chi connectivity index (χ1n) is 6.86. The van der Waals surface area contributed by atoms with Crippen molar-refractivity contribution in [2.75, 3.05) is 0 Å². The Balaban J connectivity index is 2.64. The Bertz CT molecular complexity index is 837. The lowest BCUT2D eigenvalue weighted by Crippen LogP contribution is -2.41. The highest BCUT2D eigenvalue weighted by atomic mass is 79.9. The van der Waals surface area contributed by atoms with Gasteiger partial charge >= 0.3 is 5.69 Å². The predicted octanol–water partition coefficient (Wildman–Crippen LogP) is 2.27. The van der Waals surface area contributed by atoms with E-state index < -0.39 is 11.2 Å². The van der Waals surface area contributed by atoms with Gasteiger partial charge in [0.2, 0.25) is 5.88 Å². The fourth-order valence-corrected chi connectivity index (χ4v) is 2.46. The van der Waals surface area contributed by atoms with E-state index in [4.69, 9.17) is 0 Å². The van der Waals surface area contributed by atoms with Gasteiger partial charge in [0.1, 0.15) is 5.56 Å². The van der Waals surface area contributed by atoms with Crippen molar-refractivity contribution < 1.29 is 5.11 Å². The number of hydrogen-bond acceptors (Lipinski definition) is 4. The molecule has 0 radical (unpaired) electrons. The number of nitrogens with zero attached hydrogens (tertiary/aromatic N) is 3. The molecule has 0 saturated heterocycles. The molecule has 1 aromatic heterocycles. The van der Waals surface area contributed by atoms with Gasteiger partial charge in [-0.05, 0) is 41.9 Å². The highest BCUT2D eigenvalue weighted by Gasteiger charge is 2.15. The normalized spacial score (nSPS) is 11.2. The molecule has 7 heteroatoms. The fourth-order valence-electron chi connectivity index (χ4n) is 2.08. The molecule has 0 aliphatic rings. The van der Waals surface area contributed by atoms with Crippen LogP contribution in [0.25, 0.3) is 0 Å². The summed E-state index contributed by atoms with van der Waals surface area (Å²) in [5.41, 5.74) is -0.450. The zero-order valence-electron chi connectivity index (χ0n) is 12.3. The van der Waals surface area contributed by atoms with E-state index in [-0.39, 0.29) is 24.5 Å². The summed E-state index contributed by atoms with van der Waals surface area (Å²) < 4.78 is 2.99. The SMILES string of the molecule is CCn1c(O)c(C=Nc2ccccc2Br)c(=O)n(CC)c1=O. The van der Waals surface area contributed by atoms with Crippen LogP contribution < -0.4 is 11.2 Å². The Morgan fingerprint density at radius 3 is 2.41 bits per heavy atom.